The van der Waals surface area contributed by atoms with Gasteiger partial charge in [0.25, 0.3) is 0 Å². The maximum atomic E-state index is 12.8. The molecule has 3 rings (SSSR count). The molecule has 2 N–H and O–H groups in total. The van der Waals surface area contributed by atoms with Crippen LogP contribution in [0.1, 0.15) is 23.1 Å². The van der Waals surface area contributed by atoms with Crippen LogP contribution in [0.15, 0.2) is 78.0 Å². The number of nitrogens with zero attached hydrogens (tertiary/aromatic N) is 1. The molecule has 0 aliphatic rings. The molecule has 1 aromatic heterocycles. The van der Waals surface area contributed by atoms with Gasteiger partial charge in [0.15, 0.2) is 0 Å². The average molecular weight is 500 g/mol. The molecule has 0 saturated heterocycles. The number of carbonyl (C=O) groups excluding carboxylic acids is 1. The van der Waals surface area contributed by atoms with Crippen LogP contribution < -0.4 is 14.8 Å². The zero-order chi connectivity index (χ0) is 24.4. The molecule has 3 aromatic rings. The molecule has 2 aromatic carbocycles. The zero-order valence-corrected chi connectivity index (χ0v) is 20.9. The van der Waals surface area contributed by atoms with Crippen molar-refractivity contribution >= 4 is 27.7 Å². The molecule has 0 bridgehead atoms. The maximum Gasteiger partial charge on any atom is 0.241 e. The molecular formula is C25H29N3O4S2. The Bertz CT molecular complexity index is 1150. The third-order valence-electron chi connectivity index (χ3n) is 5.07. The minimum Gasteiger partial charge on any atom is -0.489 e. The Kier molecular flexibility index (Phi) is 9.50. The number of ether oxygens (including phenoxy) is 1. The van der Waals surface area contributed by atoms with Crippen molar-refractivity contribution in [3.8, 4) is 5.75 Å². The molecule has 1 amide bonds. The smallest absolute Gasteiger partial charge is 0.241 e. The van der Waals surface area contributed by atoms with E-state index in [1.54, 1.807) is 48.4 Å². The summed E-state index contributed by atoms with van der Waals surface area (Å²) >= 11 is 1.56. The molecular weight excluding hydrogens is 470 g/mol. The first kappa shape index (κ1) is 25.7. The summed E-state index contributed by atoms with van der Waals surface area (Å²) in [5.74, 6) is 1.00. The third kappa shape index (κ3) is 7.86. The van der Waals surface area contributed by atoms with Crippen molar-refractivity contribution in [2.24, 2.45) is 0 Å². The lowest BCUT2D eigenvalue weighted by Gasteiger charge is -2.18. The van der Waals surface area contributed by atoms with Gasteiger partial charge in [-0.2, -0.15) is 16.5 Å². The van der Waals surface area contributed by atoms with Crippen LogP contribution in [0.5, 0.6) is 5.75 Å². The molecule has 0 spiro atoms. The van der Waals surface area contributed by atoms with Gasteiger partial charge < -0.3 is 10.1 Å². The molecule has 9 heteroatoms. The van der Waals surface area contributed by atoms with Crippen molar-refractivity contribution in [1.82, 2.24) is 15.0 Å². The summed E-state index contributed by atoms with van der Waals surface area (Å²) in [6.07, 6.45) is 5.77. The molecule has 180 valence electrons. The van der Waals surface area contributed by atoms with E-state index in [2.05, 4.69) is 15.0 Å². The van der Waals surface area contributed by atoms with Gasteiger partial charge in [-0.3, -0.25) is 9.78 Å². The molecule has 1 unspecified atom stereocenters. The van der Waals surface area contributed by atoms with Gasteiger partial charge in [0.2, 0.25) is 15.9 Å². The fourth-order valence-electron chi connectivity index (χ4n) is 3.12. The number of hydrogen-bond donors (Lipinski definition) is 2. The van der Waals surface area contributed by atoms with E-state index in [4.69, 9.17) is 4.74 Å². The van der Waals surface area contributed by atoms with Crippen molar-refractivity contribution in [3.05, 3.63) is 89.7 Å². The van der Waals surface area contributed by atoms with E-state index in [-0.39, 0.29) is 17.3 Å². The second-order valence-electron chi connectivity index (χ2n) is 7.78. The van der Waals surface area contributed by atoms with Gasteiger partial charge in [0.1, 0.15) is 18.4 Å². The van der Waals surface area contributed by atoms with E-state index in [0.717, 1.165) is 16.7 Å². The van der Waals surface area contributed by atoms with E-state index in [9.17, 15) is 13.2 Å². The lowest BCUT2D eigenvalue weighted by atomic mass is 10.2. The number of pyridine rings is 1. The van der Waals surface area contributed by atoms with Crippen LogP contribution in [0.2, 0.25) is 0 Å². The molecule has 0 saturated carbocycles. The topological polar surface area (TPSA) is 97.4 Å². The van der Waals surface area contributed by atoms with Gasteiger partial charge in [-0.25, -0.2) is 8.42 Å². The Morgan fingerprint density at radius 3 is 2.44 bits per heavy atom. The number of nitrogens with one attached hydrogen (secondary N) is 2. The number of aromatic nitrogens is 1. The number of carbonyl (C=O) groups is 1. The zero-order valence-electron chi connectivity index (χ0n) is 19.2. The normalized spacial score (nSPS) is 12.2. The maximum absolute atomic E-state index is 12.8. The quantitative estimate of drug-likeness (QED) is 0.395. The van der Waals surface area contributed by atoms with Gasteiger partial charge in [0.05, 0.1) is 4.90 Å². The molecule has 1 atom stereocenters. The average Bonchev–Trinajstić information content (AvgIpc) is 2.85. The summed E-state index contributed by atoms with van der Waals surface area (Å²) in [6.45, 7) is 2.59. The summed E-state index contributed by atoms with van der Waals surface area (Å²) in [6, 6.07) is 16.9. The molecule has 34 heavy (non-hydrogen) atoms. The highest BCUT2D eigenvalue weighted by atomic mass is 32.2. The minimum atomic E-state index is -3.81. The summed E-state index contributed by atoms with van der Waals surface area (Å²) in [5.41, 5.74) is 2.82. The van der Waals surface area contributed by atoms with Gasteiger partial charge in [-0.1, -0.05) is 35.9 Å². The number of benzene rings is 2. The number of aryl methyl sites for hydroxylation is 1. The van der Waals surface area contributed by atoms with E-state index in [1.165, 1.54) is 0 Å². The van der Waals surface area contributed by atoms with Crippen molar-refractivity contribution < 1.29 is 17.9 Å². The standard InChI is InChI=1S/C25H29N3O4S2/c1-19-5-11-23(12-6-19)34(30,31)28-24(13-15-33-2)25(29)27-17-20-7-9-22(10-8-20)32-18-21-4-3-14-26-16-21/h3-12,14,16,24,28H,13,15,17-18H2,1-2H3,(H,27,29). The molecule has 0 aliphatic heterocycles. The SMILES string of the molecule is CSCCC(NS(=O)(=O)c1ccc(C)cc1)C(=O)NCc1ccc(OCc2cccnc2)cc1. The van der Waals surface area contributed by atoms with Gasteiger partial charge >= 0.3 is 0 Å². The van der Waals surface area contributed by atoms with Crippen LogP contribution in [0.3, 0.4) is 0 Å². The van der Waals surface area contributed by atoms with Crippen LogP contribution in [-0.2, 0) is 28.0 Å². The first-order valence-corrected chi connectivity index (χ1v) is 13.7. The Hall–Kier alpha value is -2.88. The predicted molar refractivity (Wildman–Crippen MR) is 135 cm³/mol. The van der Waals surface area contributed by atoms with Crippen molar-refractivity contribution in [2.75, 3.05) is 12.0 Å². The summed E-state index contributed by atoms with van der Waals surface area (Å²) < 4.78 is 33.9. The van der Waals surface area contributed by atoms with E-state index in [0.29, 0.717) is 24.5 Å². The van der Waals surface area contributed by atoms with Crippen LogP contribution in [0.25, 0.3) is 0 Å². The lowest BCUT2D eigenvalue weighted by molar-refractivity contribution is -0.122. The molecule has 1 heterocycles. The van der Waals surface area contributed by atoms with Gasteiger partial charge in [0, 0.05) is 24.5 Å². The summed E-state index contributed by atoms with van der Waals surface area (Å²) in [7, 11) is -3.81. The van der Waals surface area contributed by atoms with E-state index >= 15 is 0 Å². The fourth-order valence-corrected chi connectivity index (χ4v) is 4.82. The minimum absolute atomic E-state index is 0.141. The van der Waals surface area contributed by atoms with Gasteiger partial charge in [-0.15, -0.1) is 0 Å². The first-order valence-electron chi connectivity index (χ1n) is 10.8. The Balaban J connectivity index is 1.57. The molecule has 0 radical (unpaired) electrons. The number of sulfonamides is 1. The summed E-state index contributed by atoms with van der Waals surface area (Å²) in [4.78, 5) is 17.0. The highest BCUT2D eigenvalue weighted by Gasteiger charge is 2.25. The highest BCUT2D eigenvalue weighted by Crippen LogP contribution is 2.15. The Morgan fingerprint density at radius 1 is 1.06 bits per heavy atom. The Labute approximate surface area is 205 Å². The highest BCUT2D eigenvalue weighted by molar-refractivity contribution is 7.98. The molecule has 0 fully saturated rings. The second kappa shape index (κ2) is 12.5. The molecule has 7 nitrogen and oxygen atoms in total. The summed E-state index contributed by atoms with van der Waals surface area (Å²) in [5, 5.41) is 2.84. The largest absolute Gasteiger partial charge is 0.489 e. The third-order valence-corrected chi connectivity index (χ3v) is 7.21. The fraction of sp³-hybridized carbons (Fsp3) is 0.280. The van der Waals surface area contributed by atoms with Crippen LogP contribution in [-0.4, -0.2) is 37.4 Å². The number of amides is 1. The molecule has 0 aliphatic carbocycles. The second-order valence-corrected chi connectivity index (χ2v) is 10.5. The van der Waals surface area contributed by atoms with E-state index < -0.39 is 16.1 Å². The van der Waals surface area contributed by atoms with Crippen LogP contribution in [0, 0.1) is 6.92 Å². The number of hydrogen-bond acceptors (Lipinski definition) is 6. The van der Waals surface area contributed by atoms with Crippen molar-refractivity contribution in [1.29, 1.82) is 0 Å². The Morgan fingerprint density at radius 2 is 1.79 bits per heavy atom. The number of thioether (sulfide) groups is 1. The lowest BCUT2D eigenvalue weighted by Crippen LogP contribution is -2.46. The van der Waals surface area contributed by atoms with Crippen LogP contribution >= 0.6 is 11.8 Å². The number of rotatable bonds is 12. The first-order chi connectivity index (χ1) is 16.4. The van der Waals surface area contributed by atoms with Crippen molar-refractivity contribution in [3.63, 3.8) is 0 Å². The van der Waals surface area contributed by atoms with Crippen LogP contribution in [0.4, 0.5) is 0 Å². The van der Waals surface area contributed by atoms with Crippen molar-refractivity contribution in [2.45, 2.75) is 37.4 Å². The van der Waals surface area contributed by atoms with E-state index in [1.807, 2.05) is 49.6 Å². The monoisotopic (exact) mass is 499 g/mol. The predicted octanol–water partition coefficient (Wildman–Crippen LogP) is 3.69. The van der Waals surface area contributed by atoms with Gasteiger partial charge in [-0.05, 0) is 61.2 Å².